The molecule has 0 aliphatic rings. The number of nitrogens with one attached hydrogen (secondary N) is 2. The second kappa shape index (κ2) is 16.6. The fourth-order valence-corrected chi connectivity index (χ4v) is 4.93. The SMILES string of the molecule is CCCB(Nc1cccc(-c2nc(C(C)(C)C)sc2/C(=C/C=C(C)CC)NC(C)=NCC(C)CC=O)c1F)OOC. The van der Waals surface area contributed by atoms with Gasteiger partial charge in [-0.1, -0.05) is 65.7 Å². The number of allylic oxidation sites excluding steroid dienone is 3. The molecule has 41 heavy (non-hydrogen) atoms. The molecule has 2 rings (SSSR count). The lowest BCUT2D eigenvalue weighted by Gasteiger charge is -2.16. The fourth-order valence-electron chi connectivity index (χ4n) is 3.81. The van der Waals surface area contributed by atoms with E-state index in [-0.39, 0.29) is 11.3 Å². The van der Waals surface area contributed by atoms with Crippen LogP contribution in [0.2, 0.25) is 6.32 Å². The summed E-state index contributed by atoms with van der Waals surface area (Å²) >= 11 is 1.54. The van der Waals surface area contributed by atoms with Gasteiger partial charge in [0.15, 0.2) is 5.82 Å². The smallest absolute Gasteiger partial charge is 0.399 e. The highest BCUT2D eigenvalue weighted by Crippen LogP contribution is 2.40. The van der Waals surface area contributed by atoms with E-state index >= 15 is 4.39 Å². The second-order valence-electron chi connectivity index (χ2n) is 11.3. The summed E-state index contributed by atoms with van der Waals surface area (Å²) in [4.78, 5) is 31.6. The largest absolute Gasteiger partial charge is 0.450 e. The van der Waals surface area contributed by atoms with Gasteiger partial charge in [0, 0.05) is 23.9 Å². The van der Waals surface area contributed by atoms with Crippen molar-refractivity contribution in [1.82, 2.24) is 10.3 Å². The summed E-state index contributed by atoms with van der Waals surface area (Å²) in [5.41, 5.74) is 3.02. The van der Waals surface area contributed by atoms with Crippen LogP contribution >= 0.6 is 11.3 Å². The molecule has 10 heteroatoms. The number of aromatic nitrogens is 1. The first kappa shape index (κ1) is 34.4. The molecule has 0 aliphatic heterocycles. The number of aliphatic imine (C=N–C) groups is 1. The first-order valence-electron chi connectivity index (χ1n) is 14.3. The molecule has 1 atom stereocenters. The molecule has 1 heterocycles. The molecule has 1 unspecified atom stereocenters. The van der Waals surface area contributed by atoms with Crippen molar-refractivity contribution in [3.8, 4) is 11.3 Å². The monoisotopic (exact) mass is 584 g/mol. The Hall–Kier alpha value is -2.82. The van der Waals surface area contributed by atoms with Gasteiger partial charge in [0.1, 0.15) is 6.29 Å². The third-order valence-corrected chi connectivity index (χ3v) is 7.91. The van der Waals surface area contributed by atoms with E-state index in [1.807, 2.05) is 32.9 Å². The van der Waals surface area contributed by atoms with Gasteiger partial charge >= 0.3 is 7.05 Å². The molecular formula is C31H46BFN4O3S. The predicted octanol–water partition coefficient (Wildman–Crippen LogP) is 8.07. The number of hydrogen-bond acceptors (Lipinski definition) is 7. The zero-order valence-corrected chi connectivity index (χ0v) is 26.9. The number of aldehydes is 1. The van der Waals surface area contributed by atoms with Gasteiger partial charge in [0.2, 0.25) is 0 Å². The lowest BCUT2D eigenvalue weighted by molar-refractivity contribution is -0.184. The van der Waals surface area contributed by atoms with Crippen LogP contribution in [0, 0.1) is 11.7 Å². The molecule has 2 N–H and O–H groups in total. The van der Waals surface area contributed by atoms with Gasteiger partial charge in [-0.2, -0.15) is 0 Å². The maximum absolute atomic E-state index is 16.2. The van der Waals surface area contributed by atoms with Crippen LogP contribution in [-0.2, 0) is 19.9 Å². The Bertz CT molecular complexity index is 1230. The number of carbonyl (C=O) groups is 1. The van der Waals surface area contributed by atoms with Crippen LogP contribution in [-0.4, -0.2) is 37.8 Å². The molecule has 0 aliphatic carbocycles. The second-order valence-corrected chi connectivity index (χ2v) is 12.3. The van der Waals surface area contributed by atoms with Crippen molar-refractivity contribution >= 4 is 41.9 Å². The molecule has 1 aromatic carbocycles. The highest BCUT2D eigenvalue weighted by atomic mass is 32.1. The molecule has 0 radical (unpaired) electrons. The lowest BCUT2D eigenvalue weighted by atomic mass is 9.77. The minimum atomic E-state index is -0.491. The highest BCUT2D eigenvalue weighted by Gasteiger charge is 2.27. The highest BCUT2D eigenvalue weighted by molar-refractivity contribution is 7.13. The molecule has 1 aromatic heterocycles. The third kappa shape index (κ3) is 10.5. The minimum Gasteiger partial charge on any atom is -0.399 e. The molecular weight excluding hydrogens is 538 g/mol. The van der Waals surface area contributed by atoms with E-state index in [2.05, 4.69) is 56.2 Å². The molecule has 0 amide bonds. The van der Waals surface area contributed by atoms with E-state index in [0.29, 0.717) is 42.1 Å². The predicted molar refractivity (Wildman–Crippen MR) is 172 cm³/mol. The van der Waals surface area contributed by atoms with Crippen molar-refractivity contribution in [2.75, 3.05) is 18.9 Å². The van der Waals surface area contributed by atoms with E-state index in [1.165, 1.54) is 12.7 Å². The molecule has 0 spiro atoms. The fraction of sp³-hybridized carbons (Fsp3) is 0.516. The summed E-state index contributed by atoms with van der Waals surface area (Å²) in [6, 6.07) is 5.26. The number of hydrogen-bond donors (Lipinski definition) is 2. The van der Waals surface area contributed by atoms with E-state index in [4.69, 9.17) is 14.7 Å². The summed E-state index contributed by atoms with van der Waals surface area (Å²) in [6.45, 7) is 16.9. The average Bonchev–Trinajstić information content (AvgIpc) is 3.37. The van der Waals surface area contributed by atoms with Crippen molar-refractivity contribution in [2.24, 2.45) is 10.9 Å². The zero-order valence-electron chi connectivity index (χ0n) is 26.1. The van der Waals surface area contributed by atoms with E-state index in [0.717, 1.165) is 34.7 Å². The van der Waals surface area contributed by atoms with Crippen LogP contribution in [0.3, 0.4) is 0 Å². The minimum absolute atomic E-state index is 0.147. The number of thiazole rings is 1. The van der Waals surface area contributed by atoms with Crippen LogP contribution in [0.25, 0.3) is 17.0 Å². The zero-order chi connectivity index (χ0) is 30.6. The van der Waals surface area contributed by atoms with E-state index < -0.39 is 12.9 Å². The average molecular weight is 585 g/mol. The standard InChI is InChI=1S/C31H46BFN4O3S/c1-10-18-32(40-39-9)37-25-14-12-13-24(27(25)33)28-29(41-30(36-28)31(6,7)8)26(16-15-21(3)11-2)35-23(5)34-20-22(4)17-19-38/h12-16,19,22,37H,10-11,17-18,20H2,1-9H3,(H,34,35)/b21-15?,26-16-. The molecule has 0 bridgehead atoms. The van der Waals surface area contributed by atoms with Gasteiger partial charge in [0.25, 0.3) is 0 Å². The van der Waals surface area contributed by atoms with Gasteiger partial charge in [-0.15, -0.1) is 11.3 Å². The van der Waals surface area contributed by atoms with Crippen LogP contribution in [0.5, 0.6) is 0 Å². The van der Waals surface area contributed by atoms with Gasteiger partial charge in [-0.3, -0.25) is 14.7 Å². The maximum Gasteiger partial charge on any atom is 0.450 e. The quantitative estimate of drug-likeness (QED) is 0.0419. The van der Waals surface area contributed by atoms with Crippen molar-refractivity contribution in [3.63, 3.8) is 0 Å². The Balaban J connectivity index is 2.68. The number of amidine groups is 1. The topological polar surface area (TPSA) is 84.8 Å². The molecule has 0 saturated heterocycles. The van der Waals surface area contributed by atoms with Gasteiger partial charge in [-0.25, -0.2) is 9.37 Å². The Morgan fingerprint density at radius 1 is 1.24 bits per heavy atom. The summed E-state index contributed by atoms with van der Waals surface area (Å²) < 4.78 is 16.2. The van der Waals surface area contributed by atoms with Crippen molar-refractivity contribution in [3.05, 3.63) is 51.6 Å². The number of anilines is 1. The number of halogens is 1. The summed E-state index contributed by atoms with van der Waals surface area (Å²) in [5, 5.41) is 7.48. The maximum atomic E-state index is 16.2. The van der Waals surface area contributed by atoms with Gasteiger partial charge < -0.3 is 15.3 Å². The molecule has 0 saturated carbocycles. The van der Waals surface area contributed by atoms with Gasteiger partial charge in [0.05, 0.1) is 39.9 Å². The Kier molecular flexibility index (Phi) is 13.9. The first-order chi connectivity index (χ1) is 19.4. The molecule has 7 nitrogen and oxygen atoms in total. The summed E-state index contributed by atoms with van der Waals surface area (Å²) in [6.07, 6.45) is 7.87. The van der Waals surface area contributed by atoms with E-state index in [9.17, 15) is 4.79 Å². The Labute approximate surface area is 249 Å². The molecule has 2 aromatic rings. The molecule has 0 fully saturated rings. The van der Waals surface area contributed by atoms with Crippen LogP contribution in [0.4, 0.5) is 10.1 Å². The third-order valence-electron chi connectivity index (χ3n) is 6.39. The van der Waals surface area contributed by atoms with Crippen molar-refractivity contribution in [1.29, 1.82) is 0 Å². The van der Waals surface area contributed by atoms with Crippen LogP contribution < -0.4 is 10.5 Å². The van der Waals surface area contributed by atoms with Crippen LogP contribution in [0.1, 0.15) is 84.5 Å². The number of benzene rings is 1. The molecule has 224 valence electrons. The van der Waals surface area contributed by atoms with Crippen molar-refractivity contribution < 1.29 is 18.9 Å². The van der Waals surface area contributed by atoms with Crippen molar-refractivity contribution in [2.45, 2.75) is 86.4 Å². The first-order valence-corrected chi connectivity index (χ1v) is 15.1. The number of nitrogens with zero attached hydrogens (tertiary/aromatic N) is 2. The summed E-state index contributed by atoms with van der Waals surface area (Å²) in [5.74, 6) is 0.449. The van der Waals surface area contributed by atoms with Crippen LogP contribution in [0.15, 0.2) is 40.9 Å². The summed E-state index contributed by atoms with van der Waals surface area (Å²) in [7, 11) is 0.950. The Morgan fingerprint density at radius 2 is 1.98 bits per heavy atom. The van der Waals surface area contributed by atoms with Gasteiger partial charge in [-0.05, 0) is 50.7 Å². The number of rotatable bonds is 15. The lowest BCUT2D eigenvalue weighted by Crippen LogP contribution is -2.28. The van der Waals surface area contributed by atoms with E-state index in [1.54, 1.807) is 23.5 Å². The normalized spacial score (nSPS) is 13.8. The Morgan fingerprint density at radius 3 is 2.59 bits per heavy atom. The number of carbonyl (C=O) groups excluding carboxylic acids is 1.